The van der Waals surface area contributed by atoms with Crippen molar-refractivity contribution in [1.82, 2.24) is 15.5 Å². The maximum Gasteiger partial charge on any atom is 0.191 e. The van der Waals surface area contributed by atoms with Gasteiger partial charge in [-0.05, 0) is 37.4 Å². The minimum Gasteiger partial charge on any atom is -0.489 e. The lowest BCUT2D eigenvalue weighted by molar-refractivity contribution is -0.0334. The number of benzene rings is 1. The molecule has 0 saturated carbocycles. The maximum absolute atomic E-state index is 5.93. The van der Waals surface area contributed by atoms with Gasteiger partial charge in [0.1, 0.15) is 11.9 Å². The summed E-state index contributed by atoms with van der Waals surface area (Å²) in [5, 5.41) is 9.01. The first-order valence-corrected chi connectivity index (χ1v) is 11.1. The average molecular weight is 545 g/mol. The second-order valence-electron chi connectivity index (χ2n) is 7.28. The zero-order valence-corrected chi connectivity index (χ0v) is 21.1. The topological polar surface area (TPSA) is 58.1 Å². The highest BCUT2D eigenvalue weighted by Crippen LogP contribution is 2.26. The van der Waals surface area contributed by atoms with Gasteiger partial charge >= 0.3 is 0 Å². The number of morpholine rings is 1. The third kappa shape index (κ3) is 7.72. The lowest BCUT2D eigenvalue weighted by Gasteiger charge is -2.37. The molecular formula is C22H33IN4O2S. The van der Waals surface area contributed by atoms with Crippen molar-refractivity contribution in [2.24, 2.45) is 4.99 Å². The van der Waals surface area contributed by atoms with E-state index in [0.717, 1.165) is 38.0 Å². The van der Waals surface area contributed by atoms with Crippen LogP contribution in [0.5, 0.6) is 5.75 Å². The van der Waals surface area contributed by atoms with Gasteiger partial charge in [-0.3, -0.25) is 9.89 Å². The first kappa shape index (κ1) is 24.9. The van der Waals surface area contributed by atoms with Crippen LogP contribution >= 0.6 is 35.3 Å². The van der Waals surface area contributed by atoms with Crippen LogP contribution in [0.15, 0.2) is 52.8 Å². The van der Waals surface area contributed by atoms with E-state index in [0.29, 0.717) is 12.6 Å². The van der Waals surface area contributed by atoms with Crippen LogP contribution in [0.4, 0.5) is 0 Å². The number of hydrogen-bond donors (Lipinski definition) is 2. The Bertz CT molecular complexity index is 745. The van der Waals surface area contributed by atoms with Crippen molar-refractivity contribution in [2.75, 3.05) is 39.8 Å². The van der Waals surface area contributed by atoms with E-state index < -0.39 is 0 Å². The highest BCUT2D eigenvalue weighted by atomic mass is 127. The number of rotatable bonds is 8. The van der Waals surface area contributed by atoms with Gasteiger partial charge in [-0.25, -0.2) is 0 Å². The van der Waals surface area contributed by atoms with Gasteiger partial charge in [-0.15, -0.1) is 35.3 Å². The van der Waals surface area contributed by atoms with Crippen LogP contribution in [0.25, 0.3) is 0 Å². The van der Waals surface area contributed by atoms with Gasteiger partial charge < -0.3 is 20.1 Å². The molecule has 1 fully saturated rings. The number of para-hydroxylation sites is 1. The third-order valence-corrected chi connectivity index (χ3v) is 5.88. The fourth-order valence-electron chi connectivity index (χ4n) is 3.45. The molecule has 166 valence electrons. The first-order valence-electron chi connectivity index (χ1n) is 10.2. The normalized spacial score (nSPS) is 19.4. The van der Waals surface area contributed by atoms with Gasteiger partial charge in [-0.1, -0.05) is 24.3 Å². The number of hydrogen-bond acceptors (Lipinski definition) is 5. The van der Waals surface area contributed by atoms with Crippen LogP contribution < -0.4 is 15.4 Å². The molecule has 0 bridgehead atoms. The van der Waals surface area contributed by atoms with Crippen LogP contribution in [0, 0.1) is 0 Å². The molecular weight excluding hydrogens is 511 g/mol. The Labute approximate surface area is 201 Å². The van der Waals surface area contributed by atoms with Crippen molar-refractivity contribution in [3.05, 3.63) is 52.7 Å². The van der Waals surface area contributed by atoms with Crippen molar-refractivity contribution in [2.45, 2.75) is 32.1 Å². The van der Waals surface area contributed by atoms with Gasteiger partial charge in [0.2, 0.25) is 0 Å². The summed E-state index contributed by atoms with van der Waals surface area (Å²) in [5.74, 6) is 1.67. The Morgan fingerprint density at radius 1 is 1.23 bits per heavy atom. The van der Waals surface area contributed by atoms with E-state index in [2.05, 4.69) is 51.9 Å². The summed E-state index contributed by atoms with van der Waals surface area (Å²) in [6, 6.07) is 14.5. The van der Waals surface area contributed by atoms with Crippen LogP contribution in [0.1, 0.15) is 24.8 Å². The Morgan fingerprint density at radius 3 is 2.67 bits per heavy atom. The molecule has 0 amide bonds. The second-order valence-corrected chi connectivity index (χ2v) is 8.26. The number of guanidine groups is 1. The predicted octanol–water partition coefficient (Wildman–Crippen LogP) is 3.76. The molecule has 0 radical (unpaired) electrons. The van der Waals surface area contributed by atoms with Gasteiger partial charge in [0, 0.05) is 31.6 Å². The molecule has 3 rings (SSSR count). The van der Waals surface area contributed by atoms with Crippen molar-refractivity contribution in [1.29, 1.82) is 0 Å². The molecule has 3 unspecified atom stereocenters. The van der Waals surface area contributed by atoms with Gasteiger partial charge in [0.15, 0.2) is 5.96 Å². The zero-order valence-electron chi connectivity index (χ0n) is 17.9. The maximum atomic E-state index is 5.93. The largest absolute Gasteiger partial charge is 0.489 e. The molecule has 2 heterocycles. The van der Waals surface area contributed by atoms with Gasteiger partial charge in [-0.2, -0.15) is 0 Å². The molecule has 0 aliphatic carbocycles. The van der Waals surface area contributed by atoms with E-state index in [1.165, 1.54) is 4.88 Å². The highest BCUT2D eigenvalue weighted by molar-refractivity contribution is 14.0. The quantitative estimate of drug-likeness (QED) is 0.301. The fourth-order valence-corrected chi connectivity index (χ4v) is 4.31. The molecule has 0 spiro atoms. The van der Waals surface area contributed by atoms with Crippen molar-refractivity contribution in [3.8, 4) is 5.75 Å². The number of nitrogens with one attached hydrogen (secondary N) is 2. The summed E-state index contributed by atoms with van der Waals surface area (Å²) in [4.78, 5) is 8.24. The SMILES string of the molecule is CN=C(NCC(C)Oc1ccccc1)NCC(c1cccs1)N1CCOC(C)C1.I. The summed E-state index contributed by atoms with van der Waals surface area (Å²) < 4.78 is 11.7. The smallest absolute Gasteiger partial charge is 0.191 e. The lowest BCUT2D eigenvalue weighted by Crippen LogP contribution is -2.48. The minimum absolute atomic E-state index is 0. The Kier molecular flexibility index (Phi) is 10.9. The molecule has 1 aliphatic rings. The molecule has 1 saturated heterocycles. The summed E-state index contributed by atoms with van der Waals surface area (Å²) >= 11 is 1.80. The first-order chi connectivity index (χ1) is 14.2. The van der Waals surface area contributed by atoms with Gasteiger partial charge in [0.05, 0.1) is 25.3 Å². The summed E-state index contributed by atoms with van der Waals surface area (Å²) in [5.41, 5.74) is 0. The molecule has 1 aromatic carbocycles. The Balaban J connectivity index is 0.00000320. The van der Waals surface area contributed by atoms with E-state index in [-0.39, 0.29) is 36.2 Å². The molecule has 6 nitrogen and oxygen atoms in total. The third-order valence-electron chi connectivity index (χ3n) is 4.91. The van der Waals surface area contributed by atoms with Crippen molar-refractivity contribution >= 4 is 41.3 Å². The second kappa shape index (κ2) is 13.1. The summed E-state index contributed by atoms with van der Waals surface area (Å²) in [7, 11) is 1.80. The van der Waals surface area contributed by atoms with Crippen LogP contribution in [-0.2, 0) is 4.74 Å². The number of halogens is 1. The van der Waals surface area contributed by atoms with Crippen LogP contribution in [-0.4, -0.2) is 62.9 Å². The zero-order chi connectivity index (χ0) is 20.5. The van der Waals surface area contributed by atoms with Crippen molar-refractivity contribution < 1.29 is 9.47 Å². The van der Waals surface area contributed by atoms with Gasteiger partial charge in [0.25, 0.3) is 0 Å². The average Bonchev–Trinajstić information content (AvgIpc) is 3.26. The number of ether oxygens (including phenoxy) is 2. The minimum atomic E-state index is 0. The monoisotopic (exact) mass is 544 g/mol. The highest BCUT2D eigenvalue weighted by Gasteiger charge is 2.26. The van der Waals surface area contributed by atoms with E-state index >= 15 is 0 Å². The lowest BCUT2D eigenvalue weighted by atomic mass is 10.1. The van der Waals surface area contributed by atoms with Crippen LogP contribution in [0.3, 0.4) is 0 Å². The van der Waals surface area contributed by atoms with Crippen LogP contribution in [0.2, 0.25) is 0 Å². The Morgan fingerprint density at radius 2 is 2.00 bits per heavy atom. The van der Waals surface area contributed by atoms with E-state index in [1.54, 1.807) is 18.4 Å². The fraction of sp³-hybridized carbons (Fsp3) is 0.500. The standard InChI is InChI=1S/C22H32N4O2S.HI/c1-17(28-19-8-5-4-6-9-19)14-24-22(23-3)25-15-20(21-10-7-13-29-21)26-11-12-27-18(2)16-26;/h4-10,13,17-18,20H,11-12,14-16H2,1-3H3,(H2,23,24,25);1H. The molecule has 1 aromatic heterocycles. The summed E-state index contributed by atoms with van der Waals surface area (Å²) in [6.45, 7) is 8.33. The molecule has 2 N–H and O–H groups in total. The molecule has 8 heteroatoms. The number of nitrogens with zero attached hydrogens (tertiary/aromatic N) is 2. The number of thiophene rings is 1. The van der Waals surface area contributed by atoms with E-state index in [1.807, 2.05) is 30.3 Å². The summed E-state index contributed by atoms with van der Waals surface area (Å²) in [6.07, 6.45) is 0.295. The van der Waals surface area contributed by atoms with E-state index in [4.69, 9.17) is 9.47 Å². The Hall–Kier alpha value is -1.36. The van der Waals surface area contributed by atoms with Crippen molar-refractivity contribution in [3.63, 3.8) is 0 Å². The number of aliphatic imine (C=N–C) groups is 1. The molecule has 2 aromatic rings. The molecule has 3 atom stereocenters. The van der Waals surface area contributed by atoms with E-state index in [9.17, 15) is 0 Å². The molecule has 1 aliphatic heterocycles. The predicted molar refractivity (Wildman–Crippen MR) is 135 cm³/mol. The molecule has 30 heavy (non-hydrogen) atoms.